The maximum Gasteiger partial charge on any atom is 0.103 e. The first-order valence-electron chi connectivity index (χ1n) is 2.80. The van der Waals surface area contributed by atoms with E-state index in [2.05, 4.69) is 6.92 Å². The predicted molar refractivity (Wildman–Crippen MR) is 30.1 cm³/mol. The summed E-state index contributed by atoms with van der Waals surface area (Å²) in [6.45, 7) is 2.89. The Balaban J connectivity index is 2.92. The number of hydrogen-bond donors (Lipinski definition) is 0. The van der Waals surface area contributed by atoms with E-state index in [9.17, 15) is 8.78 Å². The van der Waals surface area contributed by atoms with Crippen molar-refractivity contribution in [3.63, 3.8) is 0 Å². The molecule has 1 atom stereocenters. The molecular weight excluding hydrogens is 110 g/mol. The zero-order chi connectivity index (χ0) is 6.41. The second-order valence-electron chi connectivity index (χ2n) is 1.72. The van der Waals surface area contributed by atoms with Crippen molar-refractivity contribution in [2.75, 3.05) is 6.67 Å². The zero-order valence-electron chi connectivity index (χ0n) is 4.87. The second kappa shape index (κ2) is 5.01. The first-order valence-corrected chi connectivity index (χ1v) is 2.80. The molecule has 0 aromatic rings. The van der Waals surface area contributed by atoms with E-state index < -0.39 is 12.8 Å². The summed E-state index contributed by atoms with van der Waals surface area (Å²) in [5, 5.41) is 0. The van der Waals surface area contributed by atoms with Crippen LogP contribution in [0.1, 0.15) is 19.3 Å². The summed E-state index contributed by atoms with van der Waals surface area (Å²) in [6, 6.07) is 0. The molecule has 0 fully saturated rings. The Morgan fingerprint density at radius 1 is 1.38 bits per heavy atom. The summed E-state index contributed by atoms with van der Waals surface area (Å²) < 4.78 is 23.4. The molecule has 0 saturated carbocycles. The number of hydrogen-bond acceptors (Lipinski definition) is 0. The minimum Gasteiger partial charge on any atom is -0.251 e. The molecule has 0 aliphatic rings. The van der Waals surface area contributed by atoms with Gasteiger partial charge in [0, 0.05) is 6.42 Å². The summed E-state index contributed by atoms with van der Waals surface area (Å²) in [7, 11) is 0. The second-order valence-corrected chi connectivity index (χ2v) is 1.72. The third kappa shape index (κ3) is 4.03. The lowest BCUT2D eigenvalue weighted by atomic mass is 10.2. The van der Waals surface area contributed by atoms with Crippen LogP contribution in [0, 0.1) is 6.92 Å². The molecule has 0 aromatic carbocycles. The molecule has 0 heterocycles. The van der Waals surface area contributed by atoms with Crippen LogP contribution in [0.3, 0.4) is 0 Å². The predicted octanol–water partition coefficient (Wildman–Crippen LogP) is 2.30. The van der Waals surface area contributed by atoms with Crippen molar-refractivity contribution >= 4 is 0 Å². The van der Waals surface area contributed by atoms with Crippen LogP contribution in [0.5, 0.6) is 0 Å². The number of rotatable bonds is 4. The van der Waals surface area contributed by atoms with Gasteiger partial charge in [-0.15, -0.1) is 0 Å². The van der Waals surface area contributed by atoms with Crippen LogP contribution in [0.25, 0.3) is 0 Å². The van der Waals surface area contributed by atoms with Crippen LogP contribution in [0.2, 0.25) is 0 Å². The molecule has 49 valence electrons. The number of alkyl halides is 2. The molecule has 0 spiro atoms. The van der Waals surface area contributed by atoms with Gasteiger partial charge in [0.25, 0.3) is 0 Å². The summed E-state index contributed by atoms with van der Waals surface area (Å²) in [4.78, 5) is 0. The molecule has 0 unspecified atom stereocenters. The van der Waals surface area contributed by atoms with E-state index in [1.54, 1.807) is 0 Å². The topological polar surface area (TPSA) is 0 Å². The van der Waals surface area contributed by atoms with Gasteiger partial charge in [-0.05, 0) is 6.42 Å². The summed E-state index contributed by atoms with van der Waals surface area (Å²) in [5.41, 5.74) is 0. The van der Waals surface area contributed by atoms with Crippen LogP contribution in [0.4, 0.5) is 8.78 Å². The molecule has 0 N–H and O–H groups in total. The highest BCUT2D eigenvalue weighted by molar-refractivity contribution is 4.55. The molecule has 0 aromatic heterocycles. The molecule has 0 saturated heterocycles. The molecule has 0 amide bonds. The van der Waals surface area contributed by atoms with Gasteiger partial charge in [-0.2, -0.15) is 0 Å². The molecule has 8 heavy (non-hydrogen) atoms. The van der Waals surface area contributed by atoms with E-state index in [0.29, 0.717) is 12.8 Å². The number of halogens is 2. The quantitative estimate of drug-likeness (QED) is 0.535. The molecule has 1 radical (unpaired) electrons. The molecule has 0 bridgehead atoms. The Morgan fingerprint density at radius 3 is 2.38 bits per heavy atom. The van der Waals surface area contributed by atoms with Gasteiger partial charge in [-0.3, -0.25) is 4.39 Å². The van der Waals surface area contributed by atoms with Crippen molar-refractivity contribution in [3.05, 3.63) is 6.92 Å². The van der Waals surface area contributed by atoms with Crippen molar-refractivity contribution < 1.29 is 8.78 Å². The van der Waals surface area contributed by atoms with E-state index in [1.807, 2.05) is 0 Å². The third-order valence-corrected chi connectivity index (χ3v) is 0.940. The van der Waals surface area contributed by atoms with Crippen molar-refractivity contribution in [2.24, 2.45) is 0 Å². The lowest BCUT2D eigenvalue weighted by Gasteiger charge is -2.00. The Bertz CT molecular complexity index is 39.8. The molecule has 2 heteroatoms. The summed E-state index contributed by atoms with van der Waals surface area (Å²) >= 11 is 0. The third-order valence-electron chi connectivity index (χ3n) is 0.940. The summed E-state index contributed by atoms with van der Waals surface area (Å²) in [5.74, 6) is 0. The van der Waals surface area contributed by atoms with Gasteiger partial charge in [0.05, 0.1) is 6.67 Å². The molecule has 0 aliphatic carbocycles. The molecule has 0 nitrogen and oxygen atoms in total. The van der Waals surface area contributed by atoms with E-state index in [1.165, 1.54) is 0 Å². The Hall–Kier alpha value is -0.140. The largest absolute Gasteiger partial charge is 0.251 e. The van der Waals surface area contributed by atoms with Crippen molar-refractivity contribution in [2.45, 2.75) is 25.4 Å². The minimum absolute atomic E-state index is 0.0372. The molecular formula is C6H11F2. The highest BCUT2D eigenvalue weighted by Crippen LogP contribution is 2.05. The van der Waals surface area contributed by atoms with Gasteiger partial charge in [0.2, 0.25) is 0 Å². The van der Waals surface area contributed by atoms with E-state index >= 15 is 0 Å². The fourth-order valence-electron chi connectivity index (χ4n) is 0.484. The highest BCUT2D eigenvalue weighted by atomic mass is 19.1. The average Bonchev–Trinajstić information content (AvgIpc) is 1.68. The van der Waals surface area contributed by atoms with Gasteiger partial charge in [0.1, 0.15) is 6.17 Å². The normalized spacial score (nSPS) is 13.9. The zero-order valence-corrected chi connectivity index (χ0v) is 4.87. The van der Waals surface area contributed by atoms with Crippen molar-refractivity contribution in [1.82, 2.24) is 0 Å². The summed E-state index contributed by atoms with van der Waals surface area (Å²) in [6.07, 6.45) is 0.0122. The van der Waals surface area contributed by atoms with E-state index in [0.717, 1.165) is 0 Å². The van der Waals surface area contributed by atoms with Crippen LogP contribution >= 0.6 is 0 Å². The monoisotopic (exact) mass is 121 g/mol. The lowest BCUT2D eigenvalue weighted by molar-refractivity contribution is 0.270. The van der Waals surface area contributed by atoms with Gasteiger partial charge >= 0.3 is 0 Å². The molecule has 0 rings (SSSR count). The maximum atomic E-state index is 12.1. The average molecular weight is 121 g/mol. The Morgan fingerprint density at radius 2 is 2.00 bits per heavy atom. The first kappa shape index (κ1) is 7.86. The van der Waals surface area contributed by atoms with Crippen molar-refractivity contribution in [1.29, 1.82) is 0 Å². The maximum absolute atomic E-state index is 12.1. The van der Waals surface area contributed by atoms with E-state index in [4.69, 9.17) is 0 Å². The highest BCUT2D eigenvalue weighted by Gasteiger charge is 2.02. The van der Waals surface area contributed by atoms with Gasteiger partial charge < -0.3 is 0 Å². The fourth-order valence-corrected chi connectivity index (χ4v) is 0.484. The van der Waals surface area contributed by atoms with Gasteiger partial charge in [0.15, 0.2) is 0 Å². The first-order chi connectivity index (χ1) is 3.81. The van der Waals surface area contributed by atoms with Crippen LogP contribution in [0.15, 0.2) is 0 Å². The lowest BCUT2D eigenvalue weighted by Crippen LogP contribution is -1.99. The van der Waals surface area contributed by atoms with Crippen LogP contribution in [-0.4, -0.2) is 12.8 Å². The van der Waals surface area contributed by atoms with Gasteiger partial charge in [-0.1, -0.05) is 13.3 Å². The van der Waals surface area contributed by atoms with Gasteiger partial charge in [-0.25, -0.2) is 4.39 Å². The van der Waals surface area contributed by atoms with Crippen LogP contribution in [-0.2, 0) is 0 Å². The smallest absolute Gasteiger partial charge is 0.103 e. The van der Waals surface area contributed by atoms with Crippen molar-refractivity contribution in [3.8, 4) is 0 Å². The van der Waals surface area contributed by atoms with E-state index in [-0.39, 0.29) is 6.42 Å². The fraction of sp³-hybridized carbons (Fsp3) is 0.833. The Labute approximate surface area is 48.9 Å². The SMILES string of the molecule is [CH2]CC[C@H](F)CCF. The van der Waals surface area contributed by atoms with Crippen LogP contribution < -0.4 is 0 Å². The standard InChI is InChI=1S/C6H11F2/c1-2-3-6(8)4-5-7/h6H,1-5H2/t6-/m0/s1. The minimum atomic E-state index is -0.975. The Kier molecular flexibility index (Phi) is 4.92. The molecule has 0 aliphatic heterocycles.